The molecule has 2 heteroatoms. The van der Waals surface area contributed by atoms with Crippen LogP contribution in [0.4, 0.5) is 0 Å². The van der Waals surface area contributed by atoms with Crippen molar-refractivity contribution in [2.24, 2.45) is 10.4 Å². The molecule has 0 aromatic carbocycles. The van der Waals surface area contributed by atoms with Gasteiger partial charge in [0.1, 0.15) is 0 Å². The fourth-order valence-corrected chi connectivity index (χ4v) is 3.11. The van der Waals surface area contributed by atoms with Crippen molar-refractivity contribution in [2.45, 2.75) is 39.0 Å². The molecule has 0 N–H and O–H groups in total. The van der Waals surface area contributed by atoms with Gasteiger partial charge in [-0.3, -0.25) is 4.99 Å². The van der Waals surface area contributed by atoms with Crippen LogP contribution in [0.3, 0.4) is 0 Å². The lowest BCUT2D eigenvalue weighted by molar-refractivity contribution is 0.534. The molecule has 1 nitrogen and oxygen atoms in total. The van der Waals surface area contributed by atoms with Gasteiger partial charge in [0.25, 0.3) is 0 Å². The van der Waals surface area contributed by atoms with Gasteiger partial charge in [0, 0.05) is 6.21 Å². The summed E-state index contributed by atoms with van der Waals surface area (Å²) in [6.45, 7) is 9.01. The Balaban J connectivity index is 2.27. The van der Waals surface area contributed by atoms with Gasteiger partial charge in [-0.1, -0.05) is 20.8 Å². The molecule has 2 unspecified atom stereocenters. The highest BCUT2D eigenvalue weighted by Crippen LogP contribution is 2.47. The van der Waals surface area contributed by atoms with Crippen LogP contribution in [-0.4, -0.2) is 17.5 Å². The molecule has 0 saturated carbocycles. The second-order valence-corrected chi connectivity index (χ2v) is 6.19. The Morgan fingerprint density at radius 1 is 1.36 bits per heavy atom. The lowest BCUT2D eigenvalue weighted by Crippen LogP contribution is -2.20. The molecule has 0 saturated heterocycles. The van der Waals surface area contributed by atoms with E-state index < -0.39 is 0 Å². The van der Waals surface area contributed by atoms with Crippen LogP contribution in [0.5, 0.6) is 0 Å². The second-order valence-electron chi connectivity index (χ2n) is 5.00. The summed E-state index contributed by atoms with van der Waals surface area (Å²) in [7, 11) is 0. The third kappa shape index (κ3) is 1.68. The molecule has 2 aliphatic heterocycles. The highest BCUT2D eigenvalue weighted by Gasteiger charge is 2.33. The molecule has 0 amide bonds. The van der Waals surface area contributed by atoms with E-state index >= 15 is 0 Å². The predicted molar refractivity (Wildman–Crippen MR) is 65.0 cm³/mol. The number of nitrogens with zero attached hydrogens (tertiary/aromatic N) is 1. The lowest BCUT2D eigenvalue weighted by Gasteiger charge is -2.23. The van der Waals surface area contributed by atoms with E-state index in [0.717, 1.165) is 0 Å². The Hall–Kier alpha value is -0.500. The van der Waals surface area contributed by atoms with Crippen molar-refractivity contribution in [3.8, 4) is 0 Å². The van der Waals surface area contributed by atoms with Crippen molar-refractivity contribution >= 4 is 18.0 Å². The SMILES string of the molecule is CC1N=CC=C2C=C(C(C)(C)C)SC21. The number of allylic oxidation sites excluding steroid dienone is 3. The Kier molecular flexibility index (Phi) is 2.34. The number of rotatable bonds is 0. The van der Waals surface area contributed by atoms with Crippen molar-refractivity contribution in [2.75, 3.05) is 0 Å². The first-order chi connectivity index (χ1) is 6.48. The molecule has 0 radical (unpaired) electrons. The average Bonchev–Trinajstić information content (AvgIpc) is 2.48. The maximum Gasteiger partial charge on any atom is 0.0634 e. The van der Waals surface area contributed by atoms with Crippen molar-refractivity contribution in [1.29, 1.82) is 0 Å². The Morgan fingerprint density at radius 3 is 2.64 bits per heavy atom. The number of dihydropyridines is 1. The number of aliphatic imine (C=N–C) groups is 1. The van der Waals surface area contributed by atoms with Crippen molar-refractivity contribution in [1.82, 2.24) is 0 Å². The van der Waals surface area contributed by atoms with Gasteiger partial charge < -0.3 is 0 Å². The summed E-state index contributed by atoms with van der Waals surface area (Å²) in [4.78, 5) is 5.93. The number of fused-ring (bicyclic) bond motifs is 1. The Labute approximate surface area is 90.4 Å². The zero-order valence-corrected chi connectivity index (χ0v) is 10.1. The lowest BCUT2D eigenvalue weighted by atomic mass is 9.94. The maximum absolute atomic E-state index is 4.43. The van der Waals surface area contributed by atoms with Gasteiger partial charge in [-0.2, -0.15) is 0 Å². The van der Waals surface area contributed by atoms with Gasteiger partial charge in [0.15, 0.2) is 0 Å². The molecule has 0 fully saturated rings. The standard InChI is InChI=1S/C12H17NS/c1-8-11-9(5-6-13-8)7-10(14-11)12(2,3)4/h5-8,11H,1-4H3. The van der Waals surface area contributed by atoms with Crippen LogP contribution in [-0.2, 0) is 0 Å². The second kappa shape index (κ2) is 3.27. The number of hydrogen-bond acceptors (Lipinski definition) is 2. The van der Waals surface area contributed by atoms with E-state index in [0.29, 0.717) is 11.3 Å². The van der Waals surface area contributed by atoms with Crippen LogP contribution >= 0.6 is 11.8 Å². The van der Waals surface area contributed by atoms with Crippen molar-refractivity contribution in [3.63, 3.8) is 0 Å². The fourth-order valence-electron chi connectivity index (χ4n) is 1.73. The molecule has 2 heterocycles. The minimum Gasteiger partial charge on any atom is -0.289 e. The first-order valence-corrected chi connectivity index (χ1v) is 5.98. The molecule has 14 heavy (non-hydrogen) atoms. The van der Waals surface area contributed by atoms with Crippen LogP contribution < -0.4 is 0 Å². The average molecular weight is 207 g/mol. The monoisotopic (exact) mass is 207 g/mol. The van der Waals surface area contributed by atoms with Gasteiger partial charge in [0.05, 0.1) is 11.3 Å². The molecule has 0 spiro atoms. The zero-order chi connectivity index (χ0) is 10.3. The van der Waals surface area contributed by atoms with Gasteiger partial charge in [-0.25, -0.2) is 0 Å². The molecule has 0 bridgehead atoms. The number of thioether (sulfide) groups is 1. The van der Waals surface area contributed by atoms with E-state index in [9.17, 15) is 0 Å². The minimum absolute atomic E-state index is 0.280. The van der Waals surface area contributed by atoms with Gasteiger partial charge in [-0.05, 0) is 35.0 Å². The van der Waals surface area contributed by atoms with E-state index in [1.54, 1.807) is 0 Å². The molecule has 0 aromatic rings. The largest absolute Gasteiger partial charge is 0.289 e. The molecular weight excluding hydrogens is 190 g/mol. The molecule has 0 aliphatic carbocycles. The first kappa shape index (κ1) is 10.0. The maximum atomic E-state index is 4.43. The summed E-state index contributed by atoms with van der Waals surface area (Å²) in [6.07, 6.45) is 6.44. The predicted octanol–water partition coefficient (Wildman–Crippen LogP) is 3.43. The normalized spacial score (nSPS) is 31.1. The molecule has 0 aromatic heterocycles. The fraction of sp³-hybridized carbons (Fsp3) is 0.583. The van der Waals surface area contributed by atoms with Crippen LogP contribution in [0, 0.1) is 5.41 Å². The quantitative estimate of drug-likeness (QED) is 0.593. The van der Waals surface area contributed by atoms with Gasteiger partial charge >= 0.3 is 0 Å². The minimum atomic E-state index is 0.280. The van der Waals surface area contributed by atoms with E-state index in [2.05, 4.69) is 44.8 Å². The van der Waals surface area contributed by atoms with Crippen LogP contribution in [0.2, 0.25) is 0 Å². The molecule has 2 rings (SSSR count). The van der Waals surface area contributed by atoms with Crippen LogP contribution in [0.25, 0.3) is 0 Å². The summed E-state index contributed by atoms with van der Waals surface area (Å²) < 4.78 is 0. The van der Waals surface area contributed by atoms with Gasteiger partial charge in [-0.15, -0.1) is 11.8 Å². The Bertz CT molecular complexity index is 331. The molecule has 2 atom stereocenters. The highest BCUT2D eigenvalue weighted by atomic mass is 32.2. The van der Waals surface area contributed by atoms with Crippen LogP contribution in [0.15, 0.2) is 27.6 Å². The summed E-state index contributed by atoms with van der Waals surface area (Å²) >= 11 is 1.99. The third-order valence-electron chi connectivity index (χ3n) is 2.65. The van der Waals surface area contributed by atoms with Gasteiger partial charge in [0.2, 0.25) is 0 Å². The first-order valence-electron chi connectivity index (χ1n) is 5.10. The number of hydrogen-bond donors (Lipinski definition) is 0. The van der Waals surface area contributed by atoms with Crippen LogP contribution in [0.1, 0.15) is 27.7 Å². The molecule has 76 valence electrons. The summed E-state index contributed by atoms with van der Waals surface area (Å²) in [5.74, 6) is 0. The Morgan fingerprint density at radius 2 is 2.07 bits per heavy atom. The van der Waals surface area contributed by atoms with Crippen molar-refractivity contribution < 1.29 is 0 Å². The summed E-state index contributed by atoms with van der Waals surface area (Å²) in [5.41, 5.74) is 1.73. The topological polar surface area (TPSA) is 12.4 Å². The molecular formula is C12H17NS. The highest BCUT2D eigenvalue weighted by molar-refractivity contribution is 8.04. The van der Waals surface area contributed by atoms with E-state index in [-0.39, 0.29) is 5.41 Å². The van der Waals surface area contributed by atoms with E-state index in [1.165, 1.54) is 10.5 Å². The third-order valence-corrected chi connectivity index (χ3v) is 4.55. The van der Waals surface area contributed by atoms with Crippen molar-refractivity contribution in [3.05, 3.63) is 22.6 Å². The zero-order valence-electron chi connectivity index (χ0n) is 9.24. The van der Waals surface area contributed by atoms with E-state index in [4.69, 9.17) is 0 Å². The summed E-state index contributed by atoms with van der Waals surface area (Å²) in [5, 5.41) is 0.564. The van der Waals surface area contributed by atoms with E-state index in [1.807, 2.05) is 18.0 Å². The molecule has 2 aliphatic rings. The smallest absolute Gasteiger partial charge is 0.0634 e. The summed E-state index contributed by atoms with van der Waals surface area (Å²) in [6, 6.07) is 0.427.